The van der Waals surface area contributed by atoms with Gasteiger partial charge in [0, 0.05) is 42.5 Å². The minimum absolute atomic E-state index is 0.0626. The first kappa shape index (κ1) is 19.8. The van der Waals surface area contributed by atoms with Gasteiger partial charge < -0.3 is 10.2 Å². The van der Waals surface area contributed by atoms with Gasteiger partial charge in [-0.3, -0.25) is 4.79 Å². The number of halogens is 1. The van der Waals surface area contributed by atoms with Crippen LogP contribution in [0, 0.1) is 0 Å². The predicted molar refractivity (Wildman–Crippen MR) is 108 cm³/mol. The zero-order valence-electron chi connectivity index (χ0n) is 15.1. The molecule has 1 aliphatic rings. The number of rotatable bonds is 5. The molecule has 144 valence electrons. The second-order valence-electron chi connectivity index (χ2n) is 6.62. The zero-order valence-corrected chi connectivity index (χ0v) is 16.6. The van der Waals surface area contributed by atoms with Crippen LogP contribution in [-0.2, 0) is 15.8 Å². The number of amides is 1. The summed E-state index contributed by atoms with van der Waals surface area (Å²) in [5.74, 6) is -0.335. The van der Waals surface area contributed by atoms with Crippen LogP contribution in [0.2, 0.25) is 5.02 Å². The molecule has 0 spiro atoms. The topological polar surface area (TPSA) is 69.7 Å². The Bertz CT molecular complexity index is 908. The average molecular weight is 408 g/mol. The third-order valence-electron chi connectivity index (χ3n) is 4.50. The molecule has 1 fully saturated rings. The SMILES string of the molecule is CN1CCN(S(=O)(=O)Cc2ccc(C(=O)Nc3cccc(Cl)c3)cc2)CC1. The number of nitrogens with one attached hydrogen (secondary N) is 1. The Morgan fingerprint density at radius 1 is 1.07 bits per heavy atom. The van der Waals surface area contributed by atoms with Gasteiger partial charge in [0.25, 0.3) is 5.91 Å². The van der Waals surface area contributed by atoms with Gasteiger partial charge in [0.15, 0.2) is 0 Å². The predicted octanol–water partition coefficient (Wildman–Crippen LogP) is 2.67. The first-order valence-corrected chi connectivity index (χ1v) is 10.6. The number of carbonyl (C=O) groups excluding carboxylic acids is 1. The number of likely N-dealkylation sites (N-methyl/N-ethyl adjacent to an activating group) is 1. The second-order valence-corrected chi connectivity index (χ2v) is 9.03. The molecule has 0 radical (unpaired) electrons. The Morgan fingerprint density at radius 2 is 1.74 bits per heavy atom. The Balaban J connectivity index is 1.63. The number of nitrogens with zero attached hydrogens (tertiary/aromatic N) is 2. The lowest BCUT2D eigenvalue weighted by atomic mass is 10.1. The average Bonchev–Trinajstić information content (AvgIpc) is 2.62. The van der Waals surface area contributed by atoms with Crippen molar-refractivity contribution in [1.29, 1.82) is 0 Å². The molecule has 27 heavy (non-hydrogen) atoms. The van der Waals surface area contributed by atoms with E-state index in [1.807, 2.05) is 7.05 Å². The van der Waals surface area contributed by atoms with Crippen molar-refractivity contribution >= 4 is 33.2 Å². The van der Waals surface area contributed by atoms with Crippen molar-refractivity contribution in [3.05, 3.63) is 64.7 Å². The molecule has 2 aromatic rings. The van der Waals surface area contributed by atoms with Crippen LogP contribution in [0.1, 0.15) is 15.9 Å². The summed E-state index contributed by atoms with van der Waals surface area (Å²) in [6, 6.07) is 13.5. The Kier molecular flexibility index (Phi) is 6.16. The van der Waals surface area contributed by atoms with E-state index in [4.69, 9.17) is 11.6 Å². The van der Waals surface area contributed by atoms with Crippen molar-refractivity contribution in [1.82, 2.24) is 9.21 Å². The number of benzene rings is 2. The standard InChI is InChI=1S/C19H22ClN3O3S/c1-22-9-11-23(12-10-22)27(25,26)14-15-5-7-16(8-6-15)19(24)21-18-4-2-3-17(20)13-18/h2-8,13H,9-12,14H2,1H3,(H,21,24). The smallest absolute Gasteiger partial charge is 0.255 e. The van der Waals surface area contributed by atoms with Gasteiger partial charge in [-0.05, 0) is 42.9 Å². The van der Waals surface area contributed by atoms with E-state index in [2.05, 4.69) is 10.2 Å². The van der Waals surface area contributed by atoms with Crippen molar-refractivity contribution in [3.8, 4) is 0 Å². The summed E-state index contributed by atoms with van der Waals surface area (Å²) in [5, 5.41) is 3.31. The highest BCUT2D eigenvalue weighted by molar-refractivity contribution is 7.88. The molecule has 1 saturated heterocycles. The number of hydrogen-bond donors (Lipinski definition) is 1. The molecular weight excluding hydrogens is 386 g/mol. The van der Waals surface area contributed by atoms with E-state index < -0.39 is 10.0 Å². The molecule has 0 aromatic heterocycles. The van der Waals surface area contributed by atoms with E-state index in [0.717, 1.165) is 13.1 Å². The van der Waals surface area contributed by atoms with Gasteiger partial charge in [-0.15, -0.1) is 0 Å². The van der Waals surface area contributed by atoms with Crippen molar-refractivity contribution in [2.24, 2.45) is 0 Å². The molecule has 0 saturated carbocycles. The third kappa shape index (κ3) is 5.29. The number of anilines is 1. The van der Waals surface area contributed by atoms with E-state index in [0.29, 0.717) is 34.9 Å². The van der Waals surface area contributed by atoms with Crippen LogP contribution in [-0.4, -0.2) is 56.8 Å². The molecule has 6 nitrogen and oxygen atoms in total. The van der Waals surface area contributed by atoms with Crippen LogP contribution in [0.4, 0.5) is 5.69 Å². The maximum atomic E-state index is 12.6. The summed E-state index contributed by atoms with van der Waals surface area (Å²) in [5.41, 5.74) is 1.72. The zero-order chi connectivity index (χ0) is 19.4. The molecule has 3 rings (SSSR count). The molecule has 0 atom stereocenters. The lowest BCUT2D eigenvalue weighted by Gasteiger charge is -2.31. The van der Waals surface area contributed by atoms with E-state index in [1.54, 1.807) is 48.5 Å². The lowest BCUT2D eigenvalue weighted by molar-refractivity contribution is 0.102. The van der Waals surface area contributed by atoms with Crippen LogP contribution in [0.15, 0.2) is 48.5 Å². The van der Waals surface area contributed by atoms with Crippen molar-refractivity contribution in [2.75, 3.05) is 38.5 Å². The van der Waals surface area contributed by atoms with Crippen LogP contribution >= 0.6 is 11.6 Å². The molecule has 1 aliphatic heterocycles. The Morgan fingerprint density at radius 3 is 2.37 bits per heavy atom. The number of carbonyl (C=O) groups is 1. The van der Waals surface area contributed by atoms with Crippen LogP contribution < -0.4 is 5.32 Å². The first-order valence-electron chi connectivity index (χ1n) is 8.66. The highest BCUT2D eigenvalue weighted by atomic mass is 35.5. The maximum Gasteiger partial charge on any atom is 0.255 e. The molecular formula is C19H22ClN3O3S. The summed E-state index contributed by atoms with van der Waals surface area (Å²) < 4.78 is 26.7. The number of piperazine rings is 1. The van der Waals surface area contributed by atoms with Gasteiger partial charge in [0.1, 0.15) is 0 Å². The third-order valence-corrected chi connectivity index (χ3v) is 6.59. The Labute approximate surface area is 164 Å². The van der Waals surface area contributed by atoms with E-state index in [1.165, 1.54) is 4.31 Å². The number of hydrogen-bond acceptors (Lipinski definition) is 4. The monoisotopic (exact) mass is 407 g/mol. The maximum absolute atomic E-state index is 12.6. The molecule has 1 N–H and O–H groups in total. The van der Waals surface area contributed by atoms with Crippen molar-refractivity contribution < 1.29 is 13.2 Å². The van der Waals surface area contributed by atoms with Gasteiger partial charge in [-0.1, -0.05) is 29.8 Å². The van der Waals surface area contributed by atoms with Gasteiger partial charge in [0.2, 0.25) is 10.0 Å². The molecule has 0 aliphatic carbocycles. The molecule has 1 amide bonds. The number of sulfonamides is 1. The first-order chi connectivity index (χ1) is 12.8. The van der Waals surface area contributed by atoms with Gasteiger partial charge >= 0.3 is 0 Å². The molecule has 0 unspecified atom stereocenters. The summed E-state index contributed by atoms with van der Waals surface area (Å²) in [6.45, 7) is 2.50. The summed E-state index contributed by atoms with van der Waals surface area (Å²) >= 11 is 5.91. The van der Waals surface area contributed by atoms with E-state index >= 15 is 0 Å². The van der Waals surface area contributed by atoms with Crippen LogP contribution in [0.3, 0.4) is 0 Å². The molecule has 1 heterocycles. The highest BCUT2D eigenvalue weighted by Crippen LogP contribution is 2.17. The summed E-state index contributed by atoms with van der Waals surface area (Å²) in [7, 11) is -1.37. The molecule has 2 aromatic carbocycles. The quantitative estimate of drug-likeness (QED) is 0.827. The fourth-order valence-corrected chi connectivity index (χ4v) is 4.60. The minimum Gasteiger partial charge on any atom is -0.322 e. The fraction of sp³-hybridized carbons (Fsp3) is 0.316. The van der Waals surface area contributed by atoms with Crippen LogP contribution in [0.5, 0.6) is 0 Å². The van der Waals surface area contributed by atoms with Gasteiger partial charge in [-0.25, -0.2) is 8.42 Å². The summed E-state index contributed by atoms with van der Waals surface area (Å²) in [6.07, 6.45) is 0. The molecule has 8 heteroatoms. The van der Waals surface area contributed by atoms with Gasteiger partial charge in [0.05, 0.1) is 5.75 Å². The van der Waals surface area contributed by atoms with E-state index in [-0.39, 0.29) is 11.7 Å². The second kappa shape index (κ2) is 8.39. The molecule has 0 bridgehead atoms. The highest BCUT2D eigenvalue weighted by Gasteiger charge is 2.25. The normalized spacial score (nSPS) is 16.2. The largest absolute Gasteiger partial charge is 0.322 e. The fourth-order valence-electron chi connectivity index (χ4n) is 2.89. The van der Waals surface area contributed by atoms with Crippen molar-refractivity contribution in [2.45, 2.75) is 5.75 Å². The van der Waals surface area contributed by atoms with Crippen molar-refractivity contribution in [3.63, 3.8) is 0 Å². The van der Waals surface area contributed by atoms with Gasteiger partial charge in [-0.2, -0.15) is 4.31 Å². The summed E-state index contributed by atoms with van der Waals surface area (Å²) in [4.78, 5) is 14.4. The lowest BCUT2D eigenvalue weighted by Crippen LogP contribution is -2.47. The minimum atomic E-state index is -3.35. The Hall–Kier alpha value is -1.93. The van der Waals surface area contributed by atoms with E-state index in [9.17, 15) is 13.2 Å². The van der Waals surface area contributed by atoms with Crippen LogP contribution in [0.25, 0.3) is 0 Å².